The number of carbonyl (C=O) groups is 2. The van der Waals surface area contributed by atoms with Gasteiger partial charge in [-0.05, 0) is 87.0 Å². The molecule has 1 aromatic heterocycles. The number of nitrogens with zero attached hydrogens (tertiary/aromatic N) is 4. The Morgan fingerprint density at radius 2 is 1.61 bits per heavy atom. The van der Waals surface area contributed by atoms with Crippen LogP contribution in [0.4, 0.5) is 5.82 Å². The predicted molar refractivity (Wildman–Crippen MR) is 153 cm³/mol. The third-order valence-corrected chi connectivity index (χ3v) is 9.54. The van der Waals surface area contributed by atoms with Gasteiger partial charge in [0.1, 0.15) is 11.0 Å². The van der Waals surface area contributed by atoms with Gasteiger partial charge in [0.05, 0.1) is 11.0 Å². The molecule has 2 amide bonds. The zero-order valence-corrected chi connectivity index (χ0v) is 23.8. The minimum Gasteiger partial charge on any atom is -0.357 e. The Balaban J connectivity index is 1.11. The molecular weight excluding hydrogens is 496 g/mol. The van der Waals surface area contributed by atoms with E-state index in [0.717, 1.165) is 76.9 Å². The summed E-state index contributed by atoms with van der Waals surface area (Å²) < 4.78 is 0. The monoisotopic (exact) mass is 536 g/mol. The average molecular weight is 537 g/mol. The highest BCUT2D eigenvalue weighted by molar-refractivity contribution is 6.32. The van der Waals surface area contributed by atoms with E-state index in [1.54, 1.807) is 20.2 Å². The predicted octanol–water partition coefficient (Wildman–Crippen LogP) is 5.71. The quantitative estimate of drug-likeness (QED) is 0.444. The lowest BCUT2D eigenvalue weighted by molar-refractivity contribution is -0.142. The van der Waals surface area contributed by atoms with Crippen LogP contribution in [-0.2, 0) is 10.2 Å². The van der Waals surface area contributed by atoms with Gasteiger partial charge in [0.25, 0.3) is 5.91 Å². The Hall–Kier alpha value is -2.60. The number of aryl methyl sites for hydroxylation is 1. The molecule has 6 nitrogen and oxygen atoms in total. The smallest absolute Gasteiger partial charge is 0.256 e. The SMILES string of the molecule is Cc1ccccc1C1(C(=O)N2CCC(CC3CCN(c4ccc(C(=O)N(C)C)c(Cl)n4)CC3)CC2)CCC1. The maximum absolute atomic E-state index is 13.7. The van der Waals surface area contributed by atoms with Crippen LogP contribution in [0, 0.1) is 18.8 Å². The second-order valence-corrected chi connectivity index (χ2v) is 12.2. The van der Waals surface area contributed by atoms with Gasteiger partial charge in [-0.2, -0.15) is 0 Å². The van der Waals surface area contributed by atoms with Gasteiger partial charge >= 0.3 is 0 Å². The highest BCUT2D eigenvalue weighted by Crippen LogP contribution is 2.47. The first-order valence-corrected chi connectivity index (χ1v) is 14.6. The van der Waals surface area contributed by atoms with Crippen molar-refractivity contribution < 1.29 is 9.59 Å². The van der Waals surface area contributed by atoms with E-state index in [0.29, 0.717) is 23.3 Å². The van der Waals surface area contributed by atoms with Crippen LogP contribution in [-0.4, -0.2) is 66.9 Å². The molecule has 1 saturated carbocycles. The van der Waals surface area contributed by atoms with Gasteiger partial charge < -0.3 is 14.7 Å². The molecule has 1 aromatic carbocycles. The van der Waals surface area contributed by atoms with Crippen molar-refractivity contribution in [2.24, 2.45) is 11.8 Å². The summed E-state index contributed by atoms with van der Waals surface area (Å²) in [5.41, 5.74) is 2.67. The molecule has 204 valence electrons. The molecular formula is C31H41ClN4O2. The number of hydrogen-bond acceptors (Lipinski definition) is 4. The van der Waals surface area contributed by atoms with Gasteiger partial charge in [0, 0.05) is 40.3 Å². The Morgan fingerprint density at radius 1 is 0.974 bits per heavy atom. The molecule has 5 rings (SSSR count). The van der Waals surface area contributed by atoms with Crippen LogP contribution in [0.1, 0.15) is 72.9 Å². The third-order valence-electron chi connectivity index (χ3n) is 9.25. The minimum atomic E-state index is -0.278. The summed E-state index contributed by atoms with van der Waals surface area (Å²) in [5, 5.41) is 0.274. The first-order chi connectivity index (χ1) is 18.3. The summed E-state index contributed by atoms with van der Waals surface area (Å²) in [7, 11) is 3.44. The number of anilines is 1. The van der Waals surface area contributed by atoms with Crippen molar-refractivity contribution in [3.8, 4) is 0 Å². The van der Waals surface area contributed by atoms with Crippen LogP contribution in [0.15, 0.2) is 36.4 Å². The number of pyridine rings is 1. The summed E-state index contributed by atoms with van der Waals surface area (Å²) in [6.07, 6.45) is 8.91. The number of halogens is 1. The van der Waals surface area contributed by atoms with Gasteiger partial charge in [-0.3, -0.25) is 9.59 Å². The fourth-order valence-corrected chi connectivity index (χ4v) is 7.01. The molecule has 2 aliphatic heterocycles. The molecule has 3 fully saturated rings. The summed E-state index contributed by atoms with van der Waals surface area (Å²) in [4.78, 5) is 36.5. The highest BCUT2D eigenvalue weighted by Gasteiger charge is 2.48. The third kappa shape index (κ3) is 5.29. The second kappa shape index (κ2) is 11.3. The van der Waals surface area contributed by atoms with Crippen molar-refractivity contribution in [2.75, 3.05) is 45.2 Å². The zero-order chi connectivity index (χ0) is 26.9. The Labute approximate surface area is 232 Å². The number of rotatable bonds is 6. The molecule has 2 saturated heterocycles. The van der Waals surface area contributed by atoms with Crippen molar-refractivity contribution in [2.45, 2.75) is 63.7 Å². The lowest BCUT2D eigenvalue weighted by Gasteiger charge is -2.46. The first-order valence-electron chi connectivity index (χ1n) is 14.3. The first kappa shape index (κ1) is 27.0. The van der Waals surface area contributed by atoms with Gasteiger partial charge in [0.2, 0.25) is 5.91 Å². The normalized spacial score (nSPS) is 20.2. The van der Waals surface area contributed by atoms with Crippen molar-refractivity contribution >= 4 is 29.2 Å². The van der Waals surface area contributed by atoms with E-state index in [2.05, 4.69) is 46.0 Å². The van der Waals surface area contributed by atoms with Crippen molar-refractivity contribution in [1.29, 1.82) is 0 Å². The maximum Gasteiger partial charge on any atom is 0.256 e. The molecule has 0 unspecified atom stereocenters. The van der Waals surface area contributed by atoms with E-state index >= 15 is 0 Å². The van der Waals surface area contributed by atoms with Crippen LogP contribution in [0.3, 0.4) is 0 Å². The van der Waals surface area contributed by atoms with Gasteiger partial charge in [-0.1, -0.05) is 42.3 Å². The second-order valence-electron chi connectivity index (χ2n) is 11.9. The molecule has 7 heteroatoms. The number of hydrogen-bond donors (Lipinski definition) is 0. The molecule has 1 aliphatic carbocycles. The molecule has 2 aromatic rings. The number of carbonyl (C=O) groups excluding carboxylic acids is 2. The zero-order valence-electron chi connectivity index (χ0n) is 23.1. The molecule has 0 spiro atoms. The molecule has 0 atom stereocenters. The lowest BCUT2D eigenvalue weighted by atomic mass is 9.62. The number of benzene rings is 1. The van der Waals surface area contributed by atoms with E-state index in [9.17, 15) is 9.59 Å². The van der Waals surface area contributed by atoms with Crippen molar-refractivity contribution in [1.82, 2.24) is 14.8 Å². The van der Waals surface area contributed by atoms with Crippen molar-refractivity contribution in [3.63, 3.8) is 0 Å². The number of likely N-dealkylation sites (tertiary alicyclic amines) is 1. The minimum absolute atomic E-state index is 0.126. The van der Waals surface area contributed by atoms with Crippen LogP contribution in [0.25, 0.3) is 0 Å². The fourth-order valence-electron chi connectivity index (χ4n) is 6.78. The van der Waals surface area contributed by atoms with Crippen LogP contribution < -0.4 is 4.90 Å². The fraction of sp³-hybridized carbons (Fsp3) is 0.581. The standard InChI is InChI=1S/C31H41ClN4O2/c1-22-7-4-5-8-26(22)31(15-6-16-31)30(38)36-19-13-24(14-20-36)21-23-11-17-35(18-12-23)27-10-9-25(28(32)33-27)29(37)34(2)3/h4-5,7-10,23-24H,6,11-21H2,1-3H3. The molecule has 38 heavy (non-hydrogen) atoms. The van der Waals surface area contributed by atoms with E-state index in [-0.39, 0.29) is 16.5 Å². The van der Waals surface area contributed by atoms with Crippen LogP contribution >= 0.6 is 11.6 Å². The Morgan fingerprint density at radius 3 is 2.16 bits per heavy atom. The topological polar surface area (TPSA) is 56.8 Å². The van der Waals surface area contributed by atoms with E-state index in [1.165, 1.54) is 22.4 Å². The number of aromatic nitrogens is 1. The summed E-state index contributed by atoms with van der Waals surface area (Å²) in [6, 6.07) is 12.2. The van der Waals surface area contributed by atoms with E-state index in [4.69, 9.17) is 11.6 Å². The summed E-state index contributed by atoms with van der Waals surface area (Å²) in [5.74, 6) is 2.52. The van der Waals surface area contributed by atoms with Gasteiger partial charge in [0.15, 0.2) is 0 Å². The Bertz CT molecular complexity index is 1160. The number of amides is 2. The molecule has 0 N–H and O–H groups in total. The van der Waals surface area contributed by atoms with E-state index < -0.39 is 0 Å². The summed E-state index contributed by atoms with van der Waals surface area (Å²) >= 11 is 6.35. The van der Waals surface area contributed by atoms with Crippen LogP contribution in [0.5, 0.6) is 0 Å². The summed E-state index contributed by atoms with van der Waals surface area (Å²) in [6.45, 7) is 5.87. The molecule has 3 heterocycles. The maximum atomic E-state index is 13.7. The highest BCUT2D eigenvalue weighted by atomic mass is 35.5. The van der Waals surface area contributed by atoms with Gasteiger partial charge in [-0.25, -0.2) is 4.98 Å². The molecule has 3 aliphatic rings. The average Bonchev–Trinajstić information content (AvgIpc) is 2.89. The largest absolute Gasteiger partial charge is 0.357 e. The molecule has 0 bridgehead atoms. The van der Waals surface area contributed by atoms with Gasteiger partial charge in [-0.15, -0.1) is 0 Å². The van der Waals surface area contributed by atoms with Crippen LogP contribution in [0.2, 0.25) is 5.15 Å². The lowest BCUT2D eigenvalue weighted by Crippen LogP contribution is -2.53. The Kier molecular flexibility index (Phi) is 7.99. The van der Waals surface area contributed by atoms with Crippen molar-refractivity contribution in [3.05, 3.63) is 58.2 Å². The number of piperidine rings is 2. The van der Waals surface area contributed by atoms with E-state index in [1.807, 2.05) is 6.07 Å². The molecule has 0 radical (unpaired) electrons.